The maximum Gasteiger partial charge on any atom is 0.339 e. The van der Waals surface area contributed by atoms with E-state index in [0.717, 1.165) is 29.3 Å². The predicted octanol–water partition coefficient (Wildman–Crippen LogP) is 3.30. The number of hydrogen-bond donors (Lipinski definition) is 2. The predicted molar refractivity (Wildman–Crippen MR) is 81.4 cm³/mol. The lowest BCUT2D eigenvalue weighted by atomic mass is 10.1. The van der Waals surface area contributed by atoms with Crippen LogP contribution < -0.4 is 10.5 Å². The number of rotatable bonds is 4. The summed E-state index contributed by atoms with van der Waals surface area (Å²) >= 11 is 0. The minimum Gasteiger partial charge on any atom is -0.489 e. The first-order chi connectivity index (χ1) is 11.5. The Labute approximate surface area is 137 Å². The number of aryl methyl sites for hydroxylation is 1. The van der Waals surface area contributed by atoms with Gasteiger partial charge in [0.25, 0.3) is 0 Å². The molecule has 0 bridgehead atoms. The molecule has 3 N–H and O–H groups in total. The molecular formula is C17H16F2N2O3. The van der Waals surface area contributed by atoms with Gasteiger partial charge in [-0.15, -0.1) is 0 Å². The van der Waals surface area contributed by atoms with Crippen LogP contribution in [0.15, 0.2) is 36.4 Å². The molecule has 1 unspecified atom stereocenters. The number of urea groups is 1. The Balaban J connectivity index is 1.73. The van der Waals surface area contributed by atoms with E-state index in [-0.39, 0.29) is 12.2 Å². The SMILES string of the molecule is NC(=O)N(O)C1CCc2cc(OCc3cc(F)ccc3F)ccc21. The van der Waals surface area contributed by atoms with Crippen LogP contribution >= 0.6 is 0 Å². The van der Waals surface area contributed by atoms with Crippen molar-refractivity contribution in [2.75, 3.05) is 0 Å². The van der Waals surface area contributed by atoms with E-state index in [1.54, 1.807) is 18.2 Å². The van der Waals surface area contributed by atoms with Crippen LogP contribution in [0.4, 0.5) is 13.6 Å². The number of nitrogens with zero attached hydrogens (tertiary/aromatic N) is 1. The second-order valence-corrected chi connectivity index (χ2v) is 5.62. The van der Waals surface area contributed by atoms with Crippen molar-refractivity contribution in [1.82, 2.24) is 5.06 Å². The van der Waals surface area contributed by atoms with Crippen LogP contribution in [0, 0.1) is 11.6 Å². The van der Waals surface area contributed by atoms with Gasteiger partial charge in [-0.25, -0.2) is 13.6 Å². The smallest absolute Gasteiger partial charge is 0.339 e. The van der Waals surface area contributed by atoms with Crippen LogP contribution in [0.2, 0.25) is 0 Å². The Morgan fingerprint density at radius 1 is 1.29 bits per heavy atom. The first-order valence-corrected chi connectivity index (χ1v) is 7.43. The fraction of sp³-hybridized carbons (Fsp3) is 0.235. The van der Waals surface area contributed by atoms with E-state index in [1.807, 2.05) is 0 Å². The quantitative estimate of drug-likeness (QED) is 0.665. The van der Waals surface area contributed by atoms with Gasteiger partial charge in [-0.3, -0.25) is 5.21 Å². The number of ether oxygens (including phenoxy) is 1. The number of hydroxylamine groups is 2. The fourth-order valence-corrected chi connectivity index (χ4v) is 2.88. The molecule has 7 heteroatoms. The zero-order chi connectivity index (χ0) is 17.3. The van der Waals surface area contributed by atoms with Crippen LogP contribution in [0.3, 0.4) is 0 Å². The molecule has 0 spiro atoms. The monoisotopic (exact) mass is 334 g/mol. The van der Waals surface area contributed by atoms with Crippen LogP contribution in [0.1, 0.15) is 29.2 Å². The lowest BCUT2D eigenvalue weighted by Crippen LogP contribution is -2.35. The molecule has 3 rings (SSSR count). The molecule has 0 saturated carbocycles. The van der Waals surface area contributed by atoms with Crippen molar-refractivity contribution in [3.8, 4) is 5.75 Å². The normalized spacial score (nSPS) is 15.9. The average Bonchev–Trinajstić information content (AvgIpc) is 2.98. The standard InChI is InChI=1S/C17H16F2N2O3/c18-12-2-5-15(19)11(7-12)9-24-13-3-4-14-10(8-13)1-6-16(14)21(23)17(20)22/h2-5,7-8,16,23H,1,6,9H2,(H2,20,22). The van der Waals surface area contributed by atoms with Crippen LogP contribution in [0.5, 0.6) is 5.75 Å². The molecule has 1 atom stereocenters. The lowest BCUT2D eigenvalue weighted by molar-refractivity contribution is -0.0757. The molecule has 0 saturated heterocycles. The summed E-state index contributed by atoms with van der Waals surface area (Å²) < 4.78 is 32.3. The summed E-state index contributed by atoms with van der Waals surface area (Å²) in [4.78, 5) is 11.1. The number of primary amides is 1. The molecule has 5 nitrogen and oxygen atoms in total. The minimum atomic E-state index is -0.908. The number of fused-ring (bicyclic) bond motifs is 1. The number of carbonyl (C=O) groups excluding carboxylic acids is 1. The van der Waals surface area contributed by atoms with Crippen molar-refractivity contribution >= 4 is 6.03 Å². The summed E-state index contributed by atoms with van der Waals surface area (Å²) in [6, 6.07) is 6.97. The molecule has 24 heavy (non-hydrogen) atoms. The summed E-state index contributed by atoms with van der Waals surface area (Å²) in [5.74, 6) is -0.557. The molecule has 1 aliphatic rings. The Bertz CT molecular complexity index is 782. The molecule has 0 aromatic heterocycles. The highest BCUT2D eigenvalue weighted by molar-refractivity contribution is 5.71. The van der Waals surface area contributed by atoms with Crippen molar-refractivity contribution < 1.29 is 23.5 Å². The summed E-state index contributed by atoms with van der Waals surface area (Å²) in [6.45, 7) is -0.0980. The Morgan fingerprint density at radius 2 is 2.08 bits per heavy atom. The van der Waals surface area contributed by atoms with Gasteiger partial charge >= 0.3 is 6.03 Å². The highest BCUT2D eigenvalue weighted by Crippen LogP contribution is 2.36. The molecule has 2 aromatic carbocycles. The summed E-state index contributed by atoms with van der Waals surface area (Å²) in [6.07, 6.45) is 1.20. The van der Waals surface area contributed by atoms with E-state index in [0.29, 0.717) is 23.7 Å². The number of amides is 2. The Morgan fingerprint density at radius 3 is 2.83 bits per heavy atom. The molecular weight excluding hydrogens is 318 g/mol. The second kappa shape index (κ2) is 6.45. The molecule has 126 valence electrons. The molecule has 0 heterocycles. The Kier molecular flexibility index (Phi) is 4.35. The van der Waals surface area contributed by atoms with E-state index in [2.05, 4.69) is 0 Å². The summed E-state index contributed by atoms with van der Waals surface area (Å²) in [5.41, 5.74) is 6.92. The Hall–Kier alpha value is -2.67. The van der Waals surface area contributed by atoms with E-state index in [9.17, 15) is 18.8 Å². The van der Waals surface area contributed by atoms with E-state index in [1.165, 1.54) is 0 Å². The van der Waals surface area contributed by atoms with Gasteiger partial charge in [0, 0.05) is 5.56 Å². The largest absolute Gasteiger partial charge is 0.489 e. The molecule has 1 aliphatic carbocycles. The summed E-state index contributed by atoms with van der Waals surface area (Å²) in [5, 5.41) is 10.2. The molecule has 2 aromatic rings. The van der Waals surface area contributed by atoms with Crippen molar-refractivity contribution in [3.63, 3.8) is 0 Å². The summed E-state index contributed by atoms with van der Waals surface area (Å²) in [7, 11) is 0. The minimum absolute atomic E-state index is 0.0980. The lowest BCUT2D eigenvalue weighted by Gasteiger charge is -2.20. The molecule has 0 radical (unpaired) electrons. The zero-order valence-corrected chi connectivity index (χ0v) is 12.7. The van der Waals surface area contributed by atoms with Crippen LogP contribution in [-0.4, -0.2) is 16.3 Å². The molecule has 0 fully saturated rings. The van der Waals surface area contributed by atoms with E-state index in [4.69, 9.17) is 10.5 Å². The number of nitrogens with two attached hydrogens (primary N) is 1. The van der Waals surface area contributed by atoms with Gasteiger partial charge in [0.15, 0.2) is 0 Å². The van der Waals surface area contributed by atoms with Gasteiger partial charge in [-0.1, -0.05) is 6.07 Å². The highest BCUT2D eigenvalue weighted by Gasteiger charge is 2.29. The van der Waals surface area contributed by atoms with Gasteiger partial charge in [0.1, 0.15) is 24.0 Å². The second-order valence-electron chi connectivity index (χ2n) is 5.62. The van der Waals surface area contributed by atoms with Gasteiger partial charge in [-0.05, 0) is 54.3 Å². The van der Waals surface area contributed by atoms with Gasteiger partial charge < -0.3 is 10.5 Å². The first kappa shape index (κ1) is 16.2. The van der Waals surface area contributed by atoms with Gasteiger partial charge in [0.05, 0.1) is 6.04 Å². The maximum atomic E-state index is 13.6. The third kappa shape index (κ3) is 3.16. The van der Waals surface area contributed by atoms with Gasteiger partial charge in [-0.2, -0.15) is 5.06 Å². The van der Waals surface area contributed by atoms with Crippen molar-refractivity contribution in [2.24, 2.45) is 5.73 Å². The van der Waals surface area contributed by atoms with Gasteiger partial charge in [0.2, 0.25) is 0 Å². The van der Waals surface area contributed by atoms with E-state index < -0.39 is 23.7 Å². The third-order valence-electron chi connectivity index (χ3n) is 4.08. The highest BCUT2D eigenvalue weighted by atomic mass is 19.1. The maximum absolute atomic E-state index is 13.6. The average molecular weight is 334 g/mol. The fourth-order valence-electron chi connectivity index (χ4n) is 2.88. The number of benzene rings is 2. The third-order valence-corrected chi connectivity index (χ3v) is 4.08. The molecule has 2 amide bonds. The van der Waals surface area contributed by atoms with Crippen molar-refractivity contribution in [1.29, 1.82) is 0 Å². The number of carbonyl (C=O) groups is 1. The topological polar surface area (TPSA) is 75.8 Å². The van der Waals surface area contributed by atoms with Crippen molar-refractivity contribution in [3.05, 3.63) is 64.7 Å². The van der Waals surface area contributed by atoms with Crippen molar-refractivity contribution in [2.45, 2.75) is 25.5 Å². The molecule has 0 aliphatic heterocycles. The van der Waals surface area contributed by atoms with Crippen LogP contribution in [-0.2, 0) is 13.0 Å². The zero-order valence-electron chi connectivity index (χ0n) is 12.7. The van der Waals surface area contributed by atoms with Crippen LogP contribution in [0.25, 0.3) is 0 Å². The first-order valence-electron chi connectivity index (χ1n) is 7.43. The number of hydrogen-bond acceptors (Lipinski definition) is 3. The number of halogens is 2. The van der Waals surface area contributed by atoms with E-state index >= 15 is 0 Å².